The van der Waals surface area contributed by atoms with E-state index < -0.39 is 5.41 Å². The number of anilines is 3. The van der Waals surface area contributed by atoms with Crippen molar-refractivity contribution in [3.05, 3.63) is 228 Å². The fraction of sp³-hybridized carbons (Fsp3) is 0.143. The van der Waals surface area contributed by atoms with Crippen molar-refractivity contribution in [3.8, 4) is 16.8 Å². The Morgan fingerprint density at radius 3 is 2.21 bits per heavy atom. The number of benzene rings is 8. The van der Waals surface area contributed by atoms with Gasteiger partial charge >= 0.3 is 0 Å². The van der Waals surface area contributed by atoms with Gasteiger partial charge in [-0.25, -0.2) is 0 Å². The third kappa shape index (κ3) is 4.98. The van der Waals surface area contributed by atoms with E-state index in [1.807, 2.05) is 0 Å². The van der Waals surface area contributed by atoms with Crippen LogP contribution >= 0.6 is 0 Å². The zero-order valence-corrected chi connectivity index (χ0v) is 37.4. The van der Waals surface area contributed by atoms with Crippen molar-refractivity contribution in [1.82, 2.24) is 4.57 Å². The molecule has 2 aromatic heterocycles. The van der Waals surface area contributed by atoms with E-state index in [-0.39, 0.29) is 11.3 Å². The Hall–Kier alpha value is -7.62. The number of para-hydroxylation sites is 3. The maximum Gasteiger partial charge on any atom is 0.145 e. The highest BCUT2D eigenvalue weighted by Crippen LogP contribution is 2.68. The smallest absolute Gasteiger partial charge is 0.145 e. The molecule has 3 nitrogen and oxygen atoms in total. The number of rotatable bonds is 4. The Morgan fingerprint density at radius 2 is 1.36 bits per heavy atom. The van der Waals surface area contributed by atoms with Gasteiger partial charge in [0.05, 0.1) is 33.2 Å². The highest BCUT2D eigenvalue weighted by molar-refractivity contribution is 6.23. The van der Waals surface area contributed by atoms with Gasteiger partial charge in [-0.3, -0.25) is 0 Å². The molecule has 4 aliphatic carbocycles. The summed E-state index contributed by atoms with van der Waals surface area (Å²) in [6, 6.07) is 61.1. The molecule has 2 heterocycles. The van der Waals surface area contributed by atoms with Gasteiger partial charge in [0, 0.05) is 44.9 Å². The summed E-state index contributed by atoms with van der Waals surface area (Å²) in [7, 11) is 0. The summed E-state index contributed by atoms with van der Waals surface area (Å²) in [4.78, 5) is 2.57. The lowest BCUT2D eigenvalue weighted by atomic mass is 9.64. The van der Waals surface area contributed by atoms with Crippen LogP contribution in [-0.4, -0.2) is 4.57 Å². The standard InChI is InChI=1S/C63H48N2O/c1-62(2,3)40-33-35-42(36-34-40)65(54-30-17-29-53-58(54)46-24-11-15-28-52(46)64(53)41-19-5-4-6-20-41)55-38-51-60(61-59(55)47-25-12-16-31-56(47)66-61)57-43-21-8-7-18-39(43)32-37-50(57)63(51)48-26-13-9-22-44(48)45-23-10-14-27-49(45)63/h4-9,11-22,24-38,44,48H,10,23H2,1-3H3. The Bertz CT molecular complexity index is 3810. The predicted octanol–water partition coefficient (Wildman–Crippen LogP) is 16.9. The molecule has 14 rings (SSSR count). The number of furan rings is 1. The van der Waals surface area contributed by atoms with Crippen molar-refractivity contribution < 1.29 is 4.42 Å². The van der Waals surface area contributed by atoms with Crippen LogP contribution in [0.1, 0.15) is 50.3 Å². The molecule has 3 unspecified atom stereocenters. The molecular weight excluding hydrogens is 801 g/mol. The molecule has 3 atom stereocenters. The third-order valence-electron chi connectivity index (χ3n) is 15.5. The lowest BCUT2D eigenvalue weighted by Gasteiger charge is -2.38. The summed E-state index contributed by atoms with van der Waals surface area (Å²) in [5.41, 5.74) is 17.9. The molecule has 316 valence electrons. The number of fused-ring (bicyclic) bond motifs is 18. The fourth-order valence-corrected chi connectivity index (χ4v) is 12.8. The van der Waals surface area contributed by atoms with Crippen LogP contribution in [-0.2, 0) is 10.8 Å². The number of nitrogens with zero attached hydrogens (tertiary/aromatic N) is 2. The highest BCUT2D eigenvalue weighted by atomic mass is 16.3. The summed E-state index contributed by atoms with van der Waals surface area (Å²) >= 11 is 0. The molecule has 0 radical (unpaired) electrons. The Morgan fingerprint density at radius 1 is 0.621 bits per heavy atom. The Balaban J connectivity index is 1.17. The van der Waals surface area contributed by atoms with Gasteiger partial charge in [-0.05, 0) is 111 Å². The van der Waals surface area contributed by atoms with Gasteiger partial charge < -0.3 is 13.9 Å². The van der Waals surface area contributed by atoms with Crippen LogP contribution < -0.4 is 4.90 Å². The van der Waals surface area contributed by atoms with Crippen LogP contribution in [0.15, 0.2) is 216 Å². The van der Waals surface area contributed by atoms with E-state index in [4.69, 9.17) is 4.42 Å². The molecule has 10 aromatic rings. The van der Waals surface area contributed by atoms with Gasteiger partial charge in [-0.2, -0.15) is 0 Å². The van der Waals surface area contributed by atoms with Gasteiger partial charge in [-0.1, -0.05) is 172 Å². The van der Waals surface area contributed by atoms with Crippen LogP contribution in [0.3, 0.4) is 0 Å². The summed E-state index contributed by atoms with van der Waals surface area (Å²) in [6.07, 6.45) is 16.7. The van der Waals surface area contributed by atoms with Crippen LogP contribution in [0.5, 0.6) is 0 Å². The van der Waals surface area contributed by atoms with Gasteiger partial charge in [-0.15, -0.1) is 0 Å². The lowest BCUT2D eigenvalue weighted by Crippen LogP contribution is -2.34. The first-order chi connectivity index (χ1) is 32.4. The lowest BCUT2D eigenvalue weighted by molar-refractivity contribution is 0.431. The molecule has 1 spiro atoms. The Kier molecular flexibility index (Phi) is 7.83. The third-order valence-corrected chi connectivity index (χ3v) is 15.5. The van der Waals surface area contributed by atoms with Crippen molar-refractivity contribution in [2.45, 2.75) is 44.4 Å². The Labute approximate surface area is 384 Å². The van der Waals surface area contributed by atoms with E-state index in [1.54, 1.807) is 5.57 Å². The molecule has 66 heavy (non-hydrogen) atoms. The summed E-state index contributed by atoms with van der Waals surface area (Å²) in [6.45, 7) is 6.90. The molecule has 0 amide bonds. The van der Waals surface area contributed by atoms with Gasteiger partial charge in [0.25, 0.3) is 0 Å². The maximum atomic E-state index is 7.43. The van der Waals surface area contributed by atoms with Gasteiger partial charge in [0.1, 0.15) is 11.2 Å². The van der Waals surface area contributed by atoms with Gasteiger partial charge in [0.2, 0.25) is 0 Å². The topological polar surface area (TPSA) is 21.3 Å². The normalized spacial score (nSPS) is 19.4. The van der Waals surface area contributed by atoms with Crippen molar-refractivity contribution in [3.63, 3.8) is 0 Å². The first-order valence-electron chi connectivity index (χ1n) is 23.7. The van der Waals surface area contributed by atoms with Crippen LogP contribution in [0.2, 0.25) is 0 Å². The van der Waals surface area contributed by atoms with E-state index in [0.717, 1.165) is 57.5 Å². The predicted molar refractivity (Wildman–Crippen MR) is 276 cm³/mol. The van der Waals surface area contributed by atoms with Crippen LogP contribution in [0.25, 0.3) is 71.3 Å². The number of aromatic nitrogens is 1. The highest BCUT2D eigenvalue weighted by Gasteiger charge is 2.59. The molecule has 0 fully saturated rings. The molecular formula is C63H48N2O. The number of hydrogen-bond acceptors (Lipinski definition) is 2. The first kappa shape index (κ1) is 37.7. The van der Waals surface area contributed by atoms with Crippen molar-refractivity contribution in [2.75, 3.05) is 4.90 Å². The minimum Gasteiger partial charge on any atom is -0.455 e. The molecule has 0 bridgehead atoms. The van der Waals surface area contributed by atoms with Crippen molar-refractivity contribution in [2.24, 2.45) is 11.8 Å². The molecule has 3 heteroatoms. The SMILES string of the molecule is CC(C)(C)c1ccc(N(c2cc3c(c4oc5ccccc5c24)-c2c(ccc4ccccc24)C32C3=C(CCC=C3)C3C=CC=CC32)c2cccc3c2c2ccccc2n3-c2ccccc2)cc1. The molecule has 0 aliphatic heterocycles. The molecule has 4 aliphatic rings. The monoisotopic (exact) mass is 848 g/mol. The molecule has 0 saturated carbocycles. The minimum atomic E-state index is -0.439. The second-order valence-corrected chi connectivity index (χ2v) is 19.8. The summed E-state index contributed by atoms with van der Waals surface area (Å²) < 4.78 is 9.86. The first-order valence-corrected chi connectivity index (χ1v) is 23.7. The zero-order chi connectivity index (χ0) is 43.9. The van der Waals surface area contributed by atoms with E-state index in [2.05, 4.69) is 230 Å². The average Bonchev–Trinajstić information content (AvgIpc) is 4.08. The van der Waals surface area contributed by atoms with E-state index in [0.29, 0.717) is 5.92 Å². The van der Waals surface area contributed by atoms with Crippen molar-refractivity contribution >= 4 is 71.6 Å². The second-order valence-electron chi connectivity index (χ2n) is 19.8. The van der Waals surface area contributed by atoms with E-state index in [1.165, 1.54) is 66.0 Å². The van der Waals surface area contributed by atoms with Crippen LogP contribution in [0.4, 0.5) is 17.1 Å². The molecule has 8 aromatic carbocycles. The van der Waals surface area contributed by atoms with E-state index >= 15 is 0 Å². The molecule has 0 saturated heterocycles. The van der Waals surface area contributed by atoms with Gasteiger partial charge in [0.15, 0.2) is 0 Å². The molecule has 0 N–H and O–H groups in total. The average molecular weight is 849 g/mol. The minimum absolute atomic E-state index is 0.00503. The number of allylic oxidation sites excluding steroid dienone is 8. The number of hydrogen-bond donors (Lipinski definition) is 0. The summed E-state index contributed by atoms with van der Waals surface area (Å²) in [5, 5.41) is 7.20. The van der Waals surface area contributed by atoms with E-state index in [9.17, 15) is 0 Å². The van der Waals surface area contributed by atoms with Crippen molar-refractivity contribution in [1.29, 1.82) is 0 Å². The maximum absolute atomic E-state index is 7.43. The summed E-state index contributed by atoms with van der Waals surface area (Å²) in [5.74, 6) is 0.520. The second kappa shape index (κ2) is 13.7. The largest absolute Gasteiger partial charge is 0.455 e. The van der Waals surface area contributed by atoms with Crippen LogP contribution in [0, 0.1) is 11.8 Å². The fourth-order valence-electron chi connectivity index (χ4n) is 12.8. The quantitative estimate of drug-likeness (QED) is 0.176. The zero-order valence-electron chi connectivity index (χ0n) is 37.4.